The summed E-state index contributed by atoms with van der Waals surface area (Å²) >= 11 is 6.35. The molecule has 1 heterocycles. The Morgan fingerprint density at radius 2 is 1.88 bits per heavy atom. The van der Waals surface area contributed by atoms with Crippen LogP contribution in [0.4, 0.5) is 0 Å². The summed E-state index contributed by atoms with van der Waals surface area (Å²) in [5.74, 6) is 0.726. The largest absolute Gasteiger partial charge is 0.496 e. The first-order valence-electron chi connectivity index (χ1n) is 8.58. The highest BCUT2D eigenvalue weighted by atomic mass is 35.5. The topological polar surface area (TPSA) is 47.6 Å². The number of carbonyl (C=O) groups excluding carboxylic acids is 1. The van der Waals surface area contributed by atoms with Crippen molar-refractivity contribution in [3.05, 3.63) is 28.8 Å². The quantitative estimate of drug-likeness (QED) is 0.832. The van der Waals surface area contributed by atoms with E-state index in [0.717, 1.165) is 17.6 Å². The molecule has 2 fully saturated rings. The molecule has 0 radical (unpaired) electrons. The van der Waals surface area contributed by atoms with Crippen molar-refractivity contribution in [2.24, 2.45) is 5.92 Å². The summed E-state index contributed by atoms with van der Waals surface area (Å²) in [5, 5.41) is 3.58. The third-order valence-electron chi connectivity index (χ3n) is 5.22. The first kappa shape index (κ1) is 17.8. The molecule has 24 heavy (non-hydrogen) atoms. The van der Waals surface area contributed by atoms with Crippen LogP contribution in [-0.2, 0) is 20.5 Å². The molecule has 0 atom stereocenters. The smallest absolute Gasteiger partial charge is 0.399 e. The van der Waals surface area contributed by atoms with Crippen molar-refractivity contribution in [1.82, 2.24) is 5.32 Å². The Hall–Kier alpha value is -1.04. The summed E-state index contributed by atoms with van der Waals surface area (Å²) in [6.45, 7) is 8.83. The van der Waals surface area contributed by atoms with Crippen molar-refractivity contribution in [2.45, 2.75) is 58.2 Å². The van der Waals surface area contributed by atoms with Crippen LogP contribution in [0.25, 0.3) is 0 Å². The number of hydrogen-bond donors (Lipinski definition) is 1. The van der Waals surface area contributed by atoms with Gasteiger partial charge >= 0.3 is 7.12 Å². The Balaban J connectivity index is 1.71. The molecule has 0 spiro atoms. The van der Waals surface area contributed by atoms with Crippen molar-refractivity contribution in [3.63, 3.8) is 0 Å². The van der Waals surface area contributed by atoms with Gasteiger partial charge in [0.05, 0.1) is 17.6 Å². The van der Waals surface area contributed by atoms with E-state index < -0.39 is 18.3 Å². The zero-order valence-electron chi connectivity index (χ0n) is 14.8. The van der Waals surface area contributed by atoms with E-state index in [4.69, 9.17) is 20.9 Å². The minimum Gasteiger partial charge on any atom is -0.399 e. The summed E-state index contributed by atoms with van der Waals surface area (Å²) < 4.78 is 12.1. The first-order valence-corrected chi connectivity index (χ1v) is 8.96. The van der Waals surface area contributed by atoms with Gasteiger partial charge < -0.3 is 14.6 Å². The zero-order chi connectivity index (χ0) is 17.5. The van der Waals surface area contributed by atoms with Gasteiger partial charge in [0.15, 0.2) is 0 Å². The van der Waals surface area contributed by atoms with Crippen LogP contribution >= 0.6 is 11.6 Å². The average molecular weight is 350 g/mol. The van der Waals surface area contributed by atoms with Gasteiger partial charge in [-0.25, -0.2) is 0 Å². The van der Waals surface area contributed by atoms with Crippen LogP contribution in [0.3, 0.4) is 0 Å². The summed E-state index contributed by atoms with van der Waals surface area (Å²) in [6, 6.07) is 5.61. The minimum atomic E-state index is -0.517. The lowest BCUT2D eigenvalue weighted by Crippen LogP contribution is -2.41. The Morgan fingerprint density at radius 1 is 1.25 bits per heavy atom. The van der Waals surface area contributed by atoms with E-state index in [1.165, 1.54) is 12.8 Å². The van der Waals surface area contributed by atoms with Crippen LogP contribution in [0.1, 0.15) is 46.1 Å². The maximum Gasteiger partial charge on any atom is 0.496 e. The molecule has 1 aromatic rings. The van der Waals surface area contributed by atoms with Crippen LogP contribution in [0, 0.1) is 5.92 Å². The number of amides is 1. The molecule has 6 heteroatoms. The highest BCUT2D eigenvalue weighted by Gasteiger charge is 2.52. The van der Waals surface area contributed by atoms with Crippen LogP contribution in [0.2, 0.25) is 5.02 Å². The lowest BCUT2D eigenvalue weighted by atomic mass is 9.78. The number of rotatable bonds is 5. The van der Waals surface area contributed by atoms with E-state index in [-0.39, 0.29) is 5.91 Å². The predicted octanol–water partition coefficient (Wildman–Crippen LogP) is 2.71. The Kier molecular flexibility index (Phi) is 4.71. The van der Waals surface area contributed by atoms with Gasteiger partial charge in [-0.3, -0.25) is 4.79 Å². The minimum absolute atomic E-state index is 0.0455. The Morgan fingerprint density at radius 3 is 2.46 bits per heavy atom. The van der Waals surface area contributed by atoms with Crippen molar-refractivity contribution in [2.75, 3.05) is 6.54 Å². The van der Waals surface area contributed by atoms with Crippen LogP contribution in [-0.4, -0.2) is 30.8 Å². The Labute approximate surface area is 149 Å². The fraction of sp³-hybridized carbons (Fsp3) is 0.611. The molecule has 1 saturated heterocycles. The van der Waals surface area contributed by atoms with Crippen molar-refractivity contribution < 1.29 is 14.1 Å². The maximum atomic E-state index is 12.1. The van der Waals surface area contributed by atoms with Crippen molar-refractivity contribution in [1.29, 1.82) is 0 Å². The number of benzene rings is 1. The van der Waals surface area contributed by atoms with Gasteiger partial charge in [0.25, 0.3) is 0 Å². The molecular weight excluding hydrogens is 324 g/mol. The van der Waals surface area contributed by atoms with E-state index >= 15 is 0 Å². The van der Waals surface area contributed by atoms with Gasteiger partial charge in [0.2, 0.25) is 5.91 Å². The summed E-state index contributed by atoms with van der Waals surface area (Å²) in [7, 11) is -0.517. The van der Waals surface area contributed by atoms with Crippen molar-refractivity contribution >= 4 is 30.1 Å². The standard InChI is InChI=1S/C18H25BClNO3/c1-17(2)18(3,4)24-19(23-17)14-9-13(7-8-15(14)20)10-16(22)21-11-12-5-6-12/h7-9,12H,5-6,10-11H2,1-4H3,(H,21,22). The van der Waals surface area contributed by atoms with E-state index in [1.54, 1.807) is 0 Å². The average Bonchev–Trinajstić information content (AvgIpc) is 3.26. The molecule has 4 nitrogen and oxygen atoms in total. The third-order valence-corrected chi connectivity index (χ3v) is 5.56. The van der Waals surface area contributed by atoms with Crippen LogP contribution in [0.15, 0.2) is 18.2 Å². The van der Waals surface area contributed by atoms with Crippen LogP contribution < -0.4 is 10.8 Å². The lowest BCUT2D eigenvalue weighted by Gasteiger charge is -2.32. The van der Waals surface area contributed by atoms with E-state index in [1.807, 2.05) is 45.9 Å². The fourth-order valence-electron chi connectivity index (χ4n) is 2.68. The van der Waals surface area contributed by atoms with Gasteiger partial charge in [-0.1, -0.05) is 23.7 Å². The molecule has 1 amide bonds. The number of carbonyl (C=O) groups is 1. The summed E-state index contributed by atoms with van der Waals surface area (Å²) in [6.07, 6.45) is 2.80. The Bertz CT molecular complexity index is 627. The molecule has 1 saturated carbocycles. The number of halogens is 1. The molecule has 0 bridgehead atoms. The fourth-order valence-corrected chi connectivity index (χ4v) is 2.89. The highest BCUT2D eigenvalue weighted by Crippen LogP contribution is 2.37. The van der Waals surface area contributed by atoms with E-state index in [0.29, 0.717) is 17.4 Å². The second-order valence-electron chi connectivity index (χ2n) is 7.87. The molecule has 1 aliphatic carbocycles. The molecular formula is C18H25BClNO3. The van der Waals surface area contributed by atoms with Crippen LogP contribution in [0.5, 0.6) is 0 Å². The summed E-state index contributed by atoms with van der Waals surface area (Å²) in [5.41, 5.74) is 0.859. The van der Waals surface area contributed by atoms with Gasteiger partial charge in [-0.2, -0.15) is 0 Å². The molecule has 0 aromatic heterocycles. The summed E-state index contributed by atoms with van der Waals surface area (Å²) in [4.78, 5) is 12.1. The third kappa shape index (κ3) is 3.79. The first-order chi connectivity index (χ1) is 11.2. The van der Waals surface area contributed by atoms with E-state index in [9.17, 15) is 4.79 Å². The molecule has 130 valence electrons. The van der Waals surface area contributed by atoms with Gasteiger partial charge in [-0.15, -0.1) is 0 Å². The SMILES string of the molecule is CC1(C)OB(c2cc(CC(=O)NCC3CC3)ccc2Cl)OC1(C)C. The van der Waals surface area contributed by atoms with E-state index in [2.05, 4.69) is 5.32 Å². The normalized spacial score (nSPS) is 21.8. The molecule has 3 rings (SSSR count). The highest BCUT2D eigenvalue weighted by molar-refractivity contribution is 6.65. The molecule has 2 aliphatic rings. The molecule has 1 aliphatic heterocycles. The molecule has 1 N–H and O–H groups in total. The molecule has 1 aromatic carbocycles. The van der Waals surface area contributed by atoms with Gasteiger partial charge in [0, 0.05) is 17.0 Å². The predicted molar refractivity (Wildman–Crippen MR) is 96.6 cm³/mol. The van der Waals surface area contributed by atoms with Crippen molar-refractivity contribution in [3.8, 4) is 0 Å². The number of nitrogens with one attached hydrogen (secondary N) is 1. The lowest BCUT2D eigenvalue weighted by molar-refractivity contribution is -0.120. The second kappa shape index (κ2) is 6.36. The second-order valence-corrected chi connectivity index (χ2v) is 8.28. The van der Waals surface area contributed by atoms with Gasteiger partial charge in [0.1, 0.15) is 0 Å². The molecule has 0 unspecified atom stereocenters. The monoisotopic (exact) mass is 349 g/mol. The number of hydrogen-bond acceptors (Lipinski definition) is 3. The maximum absolute atomic E-state index is 12.1. The van der Waals surface area contributed by atoms with Gasteiger partial charge in [-0.05, 0) is 58.1 Å². The zero-order valence-corrected chi connectivity index (χ0v) is 15.6.